The molecule has 110 valence electrons. The van der Waals surface area contributed by atoms with Crippen molar-refractivity contribution < 1.29 is 4.74 Å². The molecule has 0 bridgehead atoms. The standard InChI is InChI=1S/C15H24N4O/c1-2-12-5-6-19(9-12)15-8-14(16-11-17-15)18-13-4-3-7-20-10-13/h8,11-13H,2-7,9-10H2,1H3,(H,16,17,18)/t12-,13-/m1/s1. The summed E-state index contributed by atoms with van der Waals surface area (Å²) >= 11 is 0. The molecule has 0 spiro atoms. The van der Waals surface area contributed by atoms with E-state index in [0.29, 0.717) is 6.04 Å². The minimum atomic E-state index is 0.383. The number of nitrogens with zero attached hydrogens (tertiary/aromatic N) is 3. The van der Waals surface area contributed by atoms with Crippen molar-refractivity contribution in [1.29, 1.82) is 0 Å². The lowest BCUT2D eigenvalue weighted by Crippen LogP contribution is -2.30. The third-order valence-electron chi connectivity index (χ3n) is 4.35. The van der Waals surface area contributed by atoms with Crippen LogP contribution in [0, 0.1) is 5.92 Å². The number of rotatable bonds is 4. The summed E-state index contributed by atoms with van der Waals surface area (Å²) in [5, 5.41) is 3.47. The van der Waals surface area contributed by atoms with Gasteiger partial charge in [0.1, 0.15) is 18.0 Å². The molecule has 5 heteroatoms. The van der Waals surface area contributed by atoms with E-state index in [0.717, 1.165) is 56.7 Å². The van der Waals surface area contributed by atoms with Gasteiger partial charge in [-0.2, -0.15) is 0 Å². The molecule has 0 aliphatic carbocycles. The number of aromatic nitrogens is 2. The summed E-state index contributed by atoms with van der Waals surface area (Å²) in [5.41, 5.74) is 0. The van der Waals surface area contributed by atoms with E-state index in [1.807, 2.05) is 0 Å². The Hall–Kier alpha value is -1.36. The maximum absolute atomic E-state index is 5.50. The van der Waals surface area contributed by atoms with Crippen LogP contribution in [0.4, 0.5) is 11.6 Å². The van der Waals surface area contributed by atoms with Crippen LogP contribution in [0.3, 0.4) is 0 Å². The maximum atomic E-state index is 5.50. The summed E-state index contributed by atoms with van der Waals surface area (Å²) in [6, 6.07) is 2.46. The van der Waals surface area contributed by atoms with E-state index >= 15 is 0 Å². The largest absolute Gasteiger partial charge is 0.379 e. The molecule has 3 rings (SSSR count). The number of anilines is 2. The molecule has 0 amide bonds. The summed E-state index contributed by atoms with van der Waals surface area (Å²) in [5.74, 6) is 2.79. The van der Waals surface area contributed by atoms with Gasteiger partial charge in [0.05, 0.1) is 12.6 Å². The van der Waals surface area contributed by atoms with Gasteiger partial charge in [-0.25, -0.2) is 9.97 Å². The second-order valence-corrected chi connectivity index (χ2v) is 5.83. The highest BCUT2D eigenvalue weighted by atomic mass is 16.5. The Labute approximate surface area is 120 Å². The zero-order valence-corrected chi connectivity index (χ0v) is 12.2. The van der Waals surface area contributed by atoms with Crippen LogP contribution in [0.5, 0.6) is 0 Å². The SMILES string of the molecule is CC[C@@H]1CCN(c2cc(N[C@@H]3CCCOC3)ncn2)C1. The van der Waals surface area contributed by atoms with Gasteiger partial charge in [0, 0.05) is 25.8 Å². The van der Waals surface area contributed by atoms with Gasteiger partial charge < -0.3 is 15.0 Å². The monoisotopic (exact) mass is 276 g/mol. The first-order valence-electron chi connectivity index (χ1n) is 7.76. The third kappa shape index (κ3) is 3.20. The summed E-state index contributed by atoms with van der Waals surface area (Å²) in [7, 11) is 0. The van der Waals surface area contributed by atoms with E-state index in [2.05, 4.69) is 33.2 Å². The van der Waals surface area contributed by atoms with E-state index in [1.165, 1.54) is 12.8 Å². The molecule has 1 N–H and O–H groups in total. The predicted molar refractivity (Wildman–Crippen MR) is 80.1 cm³/mol. The van der Waals surface area contributed by atoms with Crippen molar-refractivity contribution in [3.63, 3.8) is 0 Å². The molecule has 0 unspecified atom stereocenters. The molecule has 2 aliphatic heterocycles. The van der Waals surface area contributed by atoms with Crippen LogP contribution in [0.25, 0.3) is 0 Å². The van der Waals surface area contributed by atoms with E-state index < -0.39 is 0 Å². The molecule has 3 heterocycles. The molecule has 2 atom stereocenters. The maximum Gasteiger partial charge on any atom is 0.134 e. The number of hydrogen-bond donors (Lipinski definition) is 1. The second-order valence-electron chi connectivity index (χ2n) is 5.83. The van der Waals surface area contributed by atoms with Crippen molar-refractivity contribution in [2.24, 2.45) is 5.92 Å². The lowest BCUT2D eigenvalue weighted by Gasteiger charge is -2.24. The highest BCUT2D eigenvalue weighted by Gasteiger charge is 2.22. The Morgan fingerprint density at radius 3 is 3.10 bits per heavy atom. The fraction of sp³-hybridized carbons (Fsp3) is 0.733. The van der Waals surface area contributed by atoms with Crippen molar-refractivity contribution in [2.75, 3.05) is 36.5 Å². The van der Waals surface area contributed by atoms with Crippen LogP contribution in [-0.4, -0.2) is 42.3 Å². The molecular formula is C15H24N4O. The minimum Gasteiger partial charge on any atom is -0.379 e. The molecule has 2 saturated heterocycles. The zero-order valence-electron chi connectivity index (χ0n) is 12.2. The highest BCUT2D eigenvalue weighted by Crippen LogP contribution is 2.25. The molecule has 5 nitrogen and oxygen atoms in total. The first-order valence-corrected chi connectivity index (χ1v) is 7.76. The van der Waals surface area contributed by atoms with Gasteiger partial charge in [0.2, 0.25) is 0 Å². The number of hydrogen-bond acceptors (Lipinski definition) is 5. The quantitative estimate of drug-likeness (QED) is 0.914. The smallest absolute Gasteiger partial charge is 0.134 e. The van der Waals surface area contributed by atoms with Gasteiger partial charge >= 0.3 is 0 Å². The Balaban J connectivity index is 1.63. The summed E-state index contributed by atoms with van der Waals surface area (Å²) in [4.78, 5) is 11.1. The first-order chi connectivity index (χ1) is 9.85. The lowest BCUT2D eigenvalue weighted by atomic mass is 10.1. The van der Waals surface area contributed by atoms with Gasteiger partial charge in [0.15, 0.2) is 0 Å². The van der Waals surface area contributed by atoms with Gasteiger partial charge in [-0.3, -0.25) is 0 Å². The normalized spacial score (nSPS) is 26.8. The van der Waals surface area contributed by atoms with Gasteiger partial charge in [-0.1, -0.05) is 13.3 Å². The van der Waals surface area contributed by atoms with Crippen molar-refractivity contribution in [1.82, 2.24) is 9.97 Å². The van der Waals surface area contributed by atoms with Gasteiger partial charge in [-0.05, 0) is 25.2 Å². The topological polar surface area (TPSA) is 50.3 Å². The molecule has 1 aromatic rings. The van der Waals surface area contributed by atoms with Crippen molar-refractivity contribution in [3.8, 4) is 0 Å². The van der Waals surface area contributed by atoms with E-state index in [9.17, 15) is 0 Å². The lowest BCUT2D eigenvalue weighted by molar-refractivity contribution is 0.0875. The molecule has 2 fully saturated rings. The third-order valence-corrected chi connectivity index (χ3v) is 4.35. The molecule has 0 aromatic carbocycles. The van der Waals surface area contributed by atoms with Crippen LogP contribution in [-0.2, 0) is 4.74 Å². The molecule has 2 aliphatic rings. The van der Waals surface area contributed by atoms with Crippen LogP contribution in [0.15, 0.2) is 12.4 Å². The van der Waals surface area contributed by atoms with Crippen LogP contribution in [0.2, 0.25) is 0 Å². The van der Waals surface area contributed by atoms with E-state index in [-0.39, 0.29) is 0 Å². The molecule has 0 saturated carbocycles. The molecule has 1 aromatic heterocycles. The van der Waals surface area contributed by atoms with E-state index in [4.69, 9.17) is 4.74 Å². The Morgan fingerprint density at radius 1 is 1.40 bits per heavy atom. The van der Waals surface area contributed by atoms with E-state index in [1.54, 1.807) is 6.33 Å². The number of ether oxygens (including phenoxy) is 1. The Bertz CT molecular complexity index is 434. The summed E-state index contributed by atoms with van der Waals surface area (Å²) in [6.07, 6.45) is 6.48. The fourth-order valence-electron chi connectivity index (χ4n) is 3.04. The Morgan fingerprint density at radius 2 is 2.35 bits per heavy atom. The Kier molecular flexibility index (Phi) is 4.35. The second kappa shape index (κ2) is 6.39. The van der Waals surface area contributed by atoms with Crippen LogP contribution >= 0.6 is 0 Å². The van der Waals surface area contributed by atoms with Crippen LogP contribution < -0.4 is 10.2 Å². The fourth-order valence-corrected chi connectivity index (χ4v) is 3.04. The zero-order chi connectivity index (χ0) is 13.8. The minimum absolute atomic E-state index is 0.383. The highest BCUT2D eigenvalue weighted by molar-refractivity contribution is 5.49. The van der Waals surface area contributed by atoms with Crippen molar-refractivity contribution >= 4 is 11.6 Å². The molecule has 20 heavy (non-hydrogen) atoms. The van der Waals surface area contributed by atoms with Gasteiger partial charge in [0.25, 0.3) is 0 Å². The molecular weight excluding hydrogens is 252 g/mol. The average molecular weight is 276 g/mol. The average Bonchev–Trinajstić information content (AvgIpc) is 2.98. The molecule has 0 radical (unpaired) electrons. The summed E-state index contributed by atoms with van der Waals surface area (Å²) < 4.78 is 5.50. The predicted octanol–water partition coefficient (Wildman–Crippen LogP) is 2.30. The van der Waals surface area contributed by atoms with Crippen molar-refractivity contribution in [3.05, 3.63) is 12.4 Å². The van der Waals surface area contributed by atoms with Crippen LogP contribution in [0.1, 0.15) is 32.6 Å². The summed E-state index contributed by atoms with van der Waals surface area (Å²) in [6.45, 7) is 6.17. The van der Waals surface area contributed by atoms with Gasteiger partial charge in [-0.15, -0.1) is 0 Å². The van der Waals surface area contributed by atoms with Crippen molar-refractivity contribution in [2.45, 2.75) is 38.6 Å². The first kappa shape index (κ1) is 13.6. The number of nitrogens with one attached hydrogen (secondary N) is 1.